The number of hydrogen-bond acceptors (Lipinski definition) is 3. The van der Waals surface area contributed by atoms with Gasteiger partial charge in [0.2, 0.25) is 5.88 Å². The van der Waals surface area contributed by atoms with Gasteiger partial charge in [-0.1, -0.05) is 0 Å². The molecule has 2 aromatic rings. The van der Waals surface area contributed by atoms with Gasteiger partial charge in [-0.25, -0.2) is 0 Å². The average molecular weight is 333 g/mol. The van der Waals surface area contributed by atoms with E-state index in [1.165, 1.54) is 6.20 Å². The third-order valence-electron chi connectivity index (χ3n) is 1.88. The van der Waals surface area contributed by atoms with Crippen molar-refractivity contribution in [3.63, 3.8) is 0 Å². The van der Waals surface area contributed by atoms with E-state index < -0.39 is 0 Å². The van der Waals surface area contributed by atoms with Crippen molar-refractivity contribution < 1.29 is 5.11 Å². The maximum Gasteiger partial charge on any atom is 0.229 e. The van der Waals surface area contributed by atoms with Crippen LogP contribution < -0.4 is 0 Å². The molecule has 0 atom stereocenters. The van der Waals surface area contributed by atoms with Crippen molar-refractivity contribution in [2.24, 2.45) is 7.05 Å². The van der Waals surface area contributed by atoms with Crippen molar-refractivity contribution in [2.45, 2.75) is 0 Å². The highest BCUT2D eigenvalue weighted by Gasteiger charge is 2.12. The zero-order valence-corrected chi connectivity index (χ0v) is 10.9. The molecule has 2 aromatic heterocycles. The molecule has 2 rings (SSSR count). The smallest absolute Gasteiger partial charge is 0.229 e. The second-order valence-corrected chi connectivity index (χ2v) is 4.79. The number of rotatable bonds is 1. The molecule has 78 valence electrons. The lowest BCUT2D eigenvalue weighted by Gasteiger charge is -2.03. The minimum atomic E-state index is -0.0101. The molecule has 0 fully saturated rings. The largest absolute Gasteiger partial charge is 0.492 e. The summed E-state index contributed by atoms with van der Waals surface area (Å²) in [6, 6.07) is 1.88. The topological polar surface area (TPSA) is 50.9 Å². The molecule has 0 amide bonds. The Hall–Kier alpha value is -0.880. The number of nitrogens with zero attached hydrogens (tertiary/aromatic N) is 3. The molecule has 0 spiro atoms. The molecule has 0 aliphatic rings. The van der Waals surface area contributed by atoms with Crippen LogP contribution in [0, 0.1) is 0 Å². The highest BCUT2D eigenvalue weighted by Crippen LogP contribution is 2.28. The van der Waals surface area contributed by atoms with Gasteiger partial charge in [0, 0.05) is 22.2 Å². The van der Waals surface area contributed by atoms with E-state index in [0.29, 0.717) is 11.5 Å². The van der Waals surface area contributed by atoms with Crippen LogP contribution in [0.1, 0.15) is 0 Å². The Kier molecular flexibility index (Phi) is 2.79. The lowest BCUT2D eigenvalue weighted by Crippen LogP contribution is -1.94. The lowest BCUT2D eigenvalue weighted by atomic mass is 10.3. The fourth-order valence-electron chi connectivity index (χ4n) is 1.25. The third kappa shape index (κ3) is 2.05. The number of hydrogen-bond donors (Lipinski definition) is 1. The summed E-state index contributed by atoms with van der Waals surface area (Å²) in [5.74, 6) is 0.607. The Bertz CT molecular complexity index is 510. The molecular formula is C9H7Br2N3O. The van der Waals surface area contributed by atoms with Gasteiger partial charge in [0.15, 0.2) is 5.82 Å². The normalized spacial score (nSPS) is 10.6. The SMILES string of the molecule is Cn1cc(O)nc1-c1ncc(Br)cc1Br. The van der Waals surface area contributed by atoms with Crippen molar-refractivity contribution >= 4 is 31.9 Å². The first-order valence-corrected chi connectivity index (χ1v) is 5.70. The zero-order chi connectivity index (χ0) is 11.0. The summed E-state index contributed by atoms with van der Waals surface area (Å²) < 4.78 is 3.43. The molecule has 6 heteroatoms. The maximum atomic E-state index is 9.26. The number of aryl methyl sites for hydroxylation is 1. The van der Waals surface area contributed by atoms with Crippen molar-refractivity contribution in [3.05, 3.63) is 27.4 Å². The van der Waals surface area contributed by atoms with E-state index in [0.717, 1.165) is 8.95 Å². The van der Waals surface area contributed by atoms with Gasteiger partial charge >= 0.3 is 0 Å². The molecule has 2 heterocycles. The van der Waals surface area contributed by atoms with Crippen molar-refractivity contribution in [3.8, 4) is 17.4 Å². The Morgan fingerprint density at radius 2 is 2.13 bits per heavy atom. The fourth-order valence-corrected chi connectivity index (χ4v) is 2.41. The molecule has 0 radical (unpaired) electrons. The standard InChI is InChI=1S/C9H7Br2N3O/c1-14-4-7(15)13-9(14)8-6(11)2-5(10)3-12-8/h2-4,15H,1H3. The summed E-state index contributed by atoms with van der Waals surface area (Å²) in [5, 5.41) is 9.26. The monoisotopic (exact) mass is 331 g/mol. The molecule has 0 bridgehead atoms. The van der Waals surface area contributed by atoms with Crippen LogP contribution in [-0.2, 0) is 7.05 Å². The van der Waals surface area contributed by atoms with Crippen molar-refractivity contribution in [2.75, 3.05) is 0 Å². The van der Waals surface area contributed by atoms with Crippen LogP contribution in [-0.4, -0.2) is 19.6 Å². The van der Waals surface area contributed by atoms with Gasteiger partial charge in [-0.15, -0.1) is 0 Å². The highest BCUT2D eigenvalue weighted by atomic mass is 79.9. The fraction of sp³-hybridized carbons (Fsp3) is 0.111. The predicted octanol–water partition coefficient (Wildman–Crippen LogP) is 2.71. The molecule has 1 N–H and O–H groups in total. The third-order valence-corrected chi connectivity index (χ3v) is 2.92. The zero-order valence-electron chi connectivity index (χ0n) is 7.78. The van der Waals surface area contributed by atoms with Gasteiger partial charge in [-0.2, -0.15) is 4.98 Å². The Morgan fingerprint density at radius 1 is 1.40 bits per heavy atom. The summed E-state index contributed by atoms with van der Waals surface area (Å²) in [7, 11) is 1.80. The van der Waals surface area contributed by atoms with Crippen LogP contribution in [0.3, 0.4) is 0 Å². The van der Waals surface area contributed by atoms with Gasteiger partial charge < -0.3 is 9.67 Å². The van der Waals surface area contributed by atoms with E-state index in [1.807, 2.05) is 6.07 Å². The number of halogens is 2. The van der Waals surface area contributed by atoms with Gasteiger partial charge in [-0.05, 0) is 37.9 Å². The Balaban J connectivity index is 2.59. The first kappa shape index (κ1) is 10.6. The van der Waals surface area contributed by atoms with E-state index in [2.05, 4.69) is 41.8 Å². The van der Waals surface area contributed by atoms with Gasteiger partial charge in [0.05, 0.1) is 6.20 Å². The van der Waals surface area contributed by atoms with Crippen molar-refractivity contribution in [1.82, 2.24) is 14.5 Å². The van der Waals surface area contributed by atoms with Crippen LogP contribution in [0.25, 0.3) is 11.5 Å². The average Bonchev–Trinajstić information content (AvgIpc) is 2.45. The summed E-state index contributed by atoms with van der Waals surface area (Å²) in [6.07, 6.45) is 3.22. The van der Waals surface area contributed by atoms with Crippen molar-refractivity contribution in [1.29, 1.82) is 0 Å². The minimum absolute atomic E-state index is 0.0101. The van der Waals surface area contributed by atoms with E-state index in [-0.39, 0.29) is 5.88 Å². The minimum Gasteiger partial charge on any atom is -0.492 e. The summed E-state index contributed by atoms with van der Waals surface area (Å²) in [4.78, 5) is 8.22. The quantitative estimate of drug-likeness (QED) is 0.873. The van der Waals surface area contributed by atoms with E-state index >= 15 is 0 Å². The number of aromatic hydroxyl groups is 1. The van der Waals surface area contributed by atoms with Crippen LogP contribution in [0.2, 0.25) is 0 Å². The highest BCUT2D eigenvalue weighted by molar-refractivity contribution is 9.11. The van der Waals surface area contributed by atoms with E-state index in [9.17, 15) is 5.11 Å². The first-order valence-electron chi connectivity index (χ1n) is 4.11. The van der Waals surface area contributed by atoms with Crippen LogP contribution in [0.15, 0.2) is 27.4 Å². The molecule has 0 aliphatic heterocycles. The molecule has 0 saturated heterocycles. The van der Waals surface area contributed by atoms with Gasteiger partial charge in [0.1, 0.15) is 5.69 Å². The summed E-state index contributed by atoms with van der Waals surface area (Å²) >= 11 is 6.72. The molecule has 0 aliphatic carbocycles. The summed E-state index contributed by atoms with van der Waals surface area (Å²) in [5.41, 5.74) is 0.695. The Morgan fingerprint density at radius 3 is 2.67 bits per heavy atom. The summed E-state index contributed by atoms with van der Waals surface area (Å²) in [6.45, 7) is 0. The second kappa shape index (κ2) is 3.94. The second-order valence-electron chi connectivity index (χ2n) is 3.02. The van der Waals surface area contributed by atoms with E-state index in [4.69, 9.17) is 0 Å². The lowest BCUT2D eigenvalue weighted by molar-refractivity contribution is 0.456. The van der Waals surface area contributed by atoms with Crippen LogP contribution >= 0.6 is 31.9 Å². The number of aromatic nitrogens is 3. The number of pyridine rings is 1. The first-order chi connectivity index (χ1) is 7.08. The van der Waals surface area contributed by atoms with E-state index in [1.54, 1.807) is 17.8 Å². The number of imidazole rings is 1. The molecule has 0 aromatic carbocycles. The van der Waals surface area contributed by atoms with Crippen LogP contribution in [0.4, 0.5) is 0 Å². The van der Waals surface area contributed by atoms with Gasteiger partial charge in [0.25, 0.3) is 0 Å². The molecule has 0 saturated carbocycles. The maximum absolute atomic E-state index is 9.26. The molecule has 4 nitrogen and oxygen atoms in total. The predicted molar refractivity (Wildman–Crippen MR) is 63.5 cm³/mol. The molecule has 15 heavy (non-hydrogen) atoms. The van der Waals surface area contributed by atoms with Crippen LogP contribution in [0.5, 0.6) is 5.88 Å². The van der Waals surface area contributed by atoms with Gasteiger partial charge in [-0.3, -0.25) is 4.98 Å². The Labute approximate surface area is 103 Å². The molecule has 0 unspecified atom stereocenters. The molecular weight excluding hydrogens is 326 g/mol.